The van der Waals surface area contributed by atoms with Crippen LogP contribution in [-0.4, -0.2) is 26.4 Å². The summed E-state index contributed by atoms with van der Waals surface area (Å²) in [4.78, 5) is 12.4. The van der Waals surface area contributed by atoms with Gasteiger partial charge in [-0.1, -0.05) is 56.8 Å². The van der Waals surface area contributed by atoms with E-state index in [1.807, 2.05) is 54.8 Å². The fourth-order valence-corrected chi connectivity index (χ4v) is 4.15. The summed E-state index contributed by atoms with van der Waals surface area (Å²) >= 11 is 1.38. The normalized spacial score (nSPS) is 12.1. The van der Waals surface area contributed by atoms with Gasteiger partial charge in [0.25, 0.3) is 0 Å². The highest BCUT2D eigenvalue weighted by atomic mass is 32.2. The summed E-state index contributed by atoms with van der Waals surface area (Å²) in [6.07, 6.45) is 0.745. The lowest BCUT2D eigenvalue weighted by molar-refractivity contribution is -0.113. The van der Waals surface area contributed by atoms with E-state index in [2.05, 4.69) is 48.4 Å². The van der Waals surface area contributed by atoms with Crippen molar-refractivity contribution in [3.05, 3.63) is 65.5 Å². The smallest absolute Gasteiger partial charge is 0.234 e. The lowest BCUT2D eigenvalue weighted by atomic mass is 10.0. The Balaban J connectivity index is 1.59. The predicted octanol–water partition coefficient (Wildman–Crippen LogP) is 5.85. The number of hydrogen-bond acceptors (Lipinski definition) is 5. The largest absolute Gasteiger partial charge is 0.483 e. The van der Waals surface area contributed by atoms with Crippen LogP contribution in [-0.2, 0) is 17.8 Å². The minimum Gasteiger partial charge on any atom is -0.483 e. The summed E-state index contributed by atoms with van der Waals surface area (Å²) in [6.45, 7) is 11.1. The van der Waals surface area contributed by atoms with Gasteiger partial charge in [0, 0.05) is 12.2 Å². The van der Waals surface area contributed by atoms with Crippen molar-refractivity contribution in [2.24, 2.45) is 0 Å². The third kappa shape index (κ3) is 6.13. The number of anilines is 1. The van der Waals surface area contributed by atoms with Crippen LogP contribution in [0.1, 0.15) is 63.6 Å². The van der Waals surface area contributed by atoms with Crippen LogP contribution in [0.3, 0.4) is 0 Å². The van der Waals surface area contributed by atoms with E-state index in [1.165, 1.54) is 22.9 Å². The first-order chi connectivity index (χ1) is 15.4. The molecule has 0 saturated carbocycles. The van der Waals surface area contributed by atoms with Gasteiger partial charge in [-0.2, -0.15) is 0 Å². The Morgan fingerprint density at radius 2 is 1.72 bits per heavy atom. The number of thioether (sulfide) groups is 1. The average Bonchev–Trinajstić information content (AvgIpc) is 3.21. The Kier molecular flexibility index (Phi) is 8.33. The summed E-state index contributed by atoms with van der Waals surface area (Å²) in [5.41, 5.74) is 3.32. The van der Waals surface area contributed by atoms with Gasteiger partial charge >= 0.3 is 0 Å². The van der Waals surface area contributed by atoms with Crippen molar-refractivity contribution >= 4 is 23.4 Å². The number of rotatable bonds is 10. The fourth-order valence-electron chi connectivity index (χ4n) is 3.34. The van der Waals surface area contributed by atoms with Gasteiger partial charge < -0.3 is 14.6 Å². The SMILES string of the molecule is CCc1ccc(OC(C)c2nnc(SCC(=O)Nc3ccc(C(C)C)cc3)n2CC)cc1. The van der Waals surface area contributed by atoms with E-state index in [0.29, 0.717) is 17.6 Å². The minimum absolute atomic E-state index is 0.0696. The molecule has 0 spiro atoms. The number of carbonyl (C=O) groups excluding carboxylic acids is 1. The first kappa shape index (κ1) is 23.9. The zero-order valence-corrected chi connectivity index (χ0v) is 20.3. The van der Waals surface area contributed by atoms with Gasteiger partial charge in [0.2, 0.25) is 5.91 Å². The van der Waals surface area contributed by atoms with Crippen LogP contribution < -0.4 is 10.1 Å². The Bertz CT molecular complexity index is 1010. The maximum absolute atomic E-state index is 12.4. The van der Waals surface area contributed by atoms with Gasteiger partial charge in [-0.25, -0.2) is 0 Å². The Morgan fingerprint density at radius 3 is 2.31 bits per heavy atom. The van der Waals surface area contributed by atoms with Crippen molar-refractivity contribution in [3.8, 4) is 5.75 Å². The first-order valence-electron chi connectivity index (χ1n) is 11.1. The predicted molar refractivity (Wildman–Crippen MR) is 130 cm³/mol. The molecule has 170 valence electrons. The van der Waals surface area contributed by atoms with Crippen molar-refractivity contribution in [2.75, 3.05) is 11.1 Å². The summed E-state index contributed by atoms with van der Waals surface area (Å²) in [5.74, 6) is 2.21. The second kappa shape index (κ2) is 11.2. The second-order valence-corrected chi connectivity index (χ2v) is 8.90. The van der Waals surface area contributed by atoms with Gasteiger partial charge in [0.1, 0.15) is 5.75 Å². The van der Waals surface area contributed by atoms with Crippen molar-refractivity contribution in [1.29, 1.82) is 0 Å². The summed E-state index contributed by atoms with van der Waals surface area (Å²) < 4.78 is 8.08. The molecule has 1 aromatic heterocycles. The molecule has 1 atom stereocenters. The zero-order chi connectivity index (χ0) is 23.1. The number of benzene rings is 2. The molecule has 0 radical (unpaired) electrons. The minimum atomic E-state index is -0.252. The third-order valence-corrected chi connectivity index (χ3v) is 6.23. The molecule has 1 unspecified atom stereocenters. The molecule has 2 aromatic carbocycles. The number of nitrogens with one attached hydrogen (secondary N) is 1. The standard InChI is InChI=1S/C25H32N4O2S/c1-6-19-8-14-22(15-9-19)31-18(5)24-27-28-25(29(24)7-2)32-16-23(30)26-21-12-10-20(11-13-21)17(3)4/h8-15,17-18H,6-7,16H2,1-5H3,(H,26,30). The van der Waals surface area contributed by atoms with Crippen LogP contribution in [0, 0.1) is 0 Å². The van der Waals surface area contributed by atoms with E-state index in [9.17, 15) is 4.79 Å². The van der Waals surface area contributed by atoms with E-state index in [4.69, 9.17) is 4.74 Å². The molecule has 0 aliphatic heterocycles. The van der Waals surface area contributed by atoms with E-state index in [0.717, 1.165) is 23.7 Å². The van der Waals surface area contributed by atoms with Crippen molar-refractivity contribution in [3.63, 3.8) is 0 Å². The number of hydrogen-bond donors (Lipinski definition) is 1. The molecule has 1 N–H and O–H groups in total. The molecule has 1 amide bonds. The Morgan fingerprint density at radius 1 is 1.03 bits per heavy atom. The molecule has 7 heteroatoms. The number of aromatic nitrogens is 3. The van der Waals surface area contributed by atoms with Crippen LogP contribution in [0.2, 0.25) is 0 Å². The highest BCUT2D eigenvalue weighted by molar-refractivity contribution is 7.99. The van der Waals surface area contributed by atoms with Gasteiger partial charge in [0.05, 0.1) is 5.75 Å². The second-order valence-electron chi connectivity index (χ2n) is 7.96. The van der Waals surface area contributed by atoms with Crippen LogP contribution in [0.25, 0.3) is 0 Å². The van der Waals surface area contributed by atoms with Crippen LogP contribution in [0.15, 0.2) is 53.7 Å². The van der Waals surface area contributed by atoms with Crippen molar-refractivity contribution < 1.29 is 9.53 Å². The van der Waals surface area contributed by atoms with E-state index < -0.39 is 0 Å². The average molecular weight is 453 g/mol. The Labute approximate surface area is 194 Å². The summed E-state index contributed by atoms with van der Waals surface area (Å²) in [6, 6.07) is 16.1. The number of aryl methyl sites for hydroxylation is 1. The molecule has 3 rings (SSSR count). The maximum Gasteiger partial charge on any atom is 0.234 e. The molecule has 6 nitrogen and oxygen atoms in total. The molecule has 0 aliphatic carbocycles. The van der Waals surface area contributed by atoms with Gasteiger partial charge in [-0.15, -0.1) is 10.2 Å². The lowest BCUT2D eigenvalue weighted by Gasteiger charge is -2.16. The van der Waals surface area contributed by atoms with Crippen LogP contribution >= 0.6 is 11.8 Å². The fraction of sp³-hybridized carbons (Fsp3) is 0.400. The maximum atomic E-state index is 12.4. The molecule has 3 aromatic rings. The highest BCUT2D eigenvalue weighted by Crippen LogP contribution is 2.25. The lowest BCUT2D eigenvalue weighted by Crippen LogP contribution is -2.15. The van der Waals surface area contributed by atoms with Gasteiger partial charge in [-0.3, -0.25) is 4.79 Å². The molecule has 0 fully saturated rings. The van der Waals surface area contributed by atoms with E-state index in [1.54, 1.807) is 0 Å². The van der Waals surface area contributed by atoms with Crippen LogP contribution in [0.5, 0.6) is 5.75 Å². The quantitative estimate of drug-likeness (QED) is 0.391. The monoisotopic (exact) mass is 452 g/mol. The molecule has 0 aliphatic rings. The van der Waals surface area contributed by atoms with E-state index >= 15 is 0 Å². The van der Waals surface area contributed by atoms with Crippen molar-refractivity contribution in [2.45, 2.75) is 64.8 Å². The topological polar surface area (TPSA) is 69.0 Å². The number of carbonyl (C=O) groups is 1. The molecule has 32 heavy (non-hydrogen) atoms. The number of amides is 1. The summed E-state index contributed by atoms with van der Waals surface area (Å²) in [7, 11) is 0. The number of nitrogens with zero attached hydrogens (tertiary/aromatic N) is 3. The molecular formula is C25H32N4O2S. The number of ether oxygens (including phenoxy) is 1. The van der Waals surface area contributed by atoms with E-state index in [-0.39, 0.29) is 17.8 Å². The zero-order valence-electron chi connectivity index (χ0n) is 19.5. The van der Waals surface area contributed by atoms with Gasteiger partial charge in [0.15, 0.2) is 17.1 Å². The van der Waals surface area contributed by atoms with Gasteiger partial charge in [-0.05, 0) is 61.6 Å². The molecular weight excluding hydrogens is 420 g/mol. The first-order valence-corrected chi connectivity index (χ1v) is 12.1. The molecule has 0 bridgehead atoms. The summed E-state index contributed by atoms with van der Waals surface area (Å²) in [5, 5.41) is 12.3. The third-order valence-electron chi connectivity index (χ3n) is 5.26. The molecule has 0 saturated heterocycles. The highest BCUT2D eigenvalue weighted by Gasteiger charge is 2.19. The Hall–Kier alpha value is -2.80. The van der Waals surface area contributed by atoms with Crippen molar-refractivity contribution in [1.82, 2.24) is 14.8 Å². The molecule has 1 heterocycles. The van der Waals surface area contributed by atoms with Crippen LogP contribution in [0.4, 0.5) is 5.69 Å².